The van der Waals surface area contributed by atoms with Crippen molar-refractivity contribution in [2.24, 2.45) is 4.99 Å². The predicted molar refractivity (Wildman–Crippen MR) is 78.1 cm³/mol. The van der Waals surface area contributed by atoms with Crippen LogP contribution in [0, 0.1) is 0 Å². The Labute approximate surface area is 109 Å². The average molecular weight is 250 g/mol. The Bertz CT molecular complexity index is 752. The number of hydrogen-bond donors (Lipinski definition) is 1. The van der Waals surface area contributed by atoms with Crippen LogP contribution in [-0.4, -0.2) is 5.84 Å². The molecule has 1 N–H and O–H groups in total. The molecule has 0 saturated carbocycles. The van der Waals surface area contributed by atoms with Crippen molar-refractivity contribution in [3.8, 4) is 0 Å². The van der Waals surface area contributed by atoms with Gasteiger partial charge in [0.15, 0.2) is 0 Å². The first-order valence-electron chi connectivity index (χ1n) is 5.83. The lowest BCUT2D eigenvalue weighted by Crippen LogP contribution is -2.14. The van der Waals surface area contributed by atoms with Crippen molar-refractivity contribution in [3.63, 3.8) is 0 Å². The van der Waals surface area contributed by atoms with E-state index < -0.39 is 0 Å². The van der Waals surface area contributed by atoms with Gasteiger partial charge >= 0.3 is 0 Å². The van der Waals surface area contributed by atoms with Crippen molar-refractivity contribution < 1.29 is 0 Å². The molecule has 0 fully saturated rings. The van der Waals surface area contributed by atoms with Crippen molar-refractivity contribution in [1.29, 1.82) is 0 Å². The summed E-state index contributed by atoms with van der Waals surface area (Å²) in [6.07, 6.45) is 0. The highest BCUT2D eigenvalue weighted by Crippen LogP contribution is 2.36. The third-order valence-corrected chi connectivity index (χ3v) is 4.00. The van der Waals surface area contributed by atoms with E-state index in [1.165, 1.54) is 15.6 Å². The van der Waals surface area contributed by atoms with E-state index in [-0.39, 0.29) is 0 Å². The van der Waals surface area contributed by atoms with Crippen LogP contribution in [0.3, 0.4) is 0 Å². The molecule has 3 heteroatoms. The molecule has 0 saturated heterocycles. The van der Waals surface area contributed by atoms with Gasteiger partial charge in [-0.3, -0.25) is 0 Å². The van der Waals surface area contributed by atoms with E-state index in [4.69, 9.17) is 4.99 Å². The second kappa shape index (κ2) is 3.68. The third kappa shape index (κ3) is 1.38. The number of nitrogens with zero attached hydrogens (tertiary/aromatic N) is 1. The zero-order chi connectivity index (χ0) is 11.9. The predicted octanol–water partition coefficient (Wildman–Crippen LogP) is 4.41. The van der Waals surface area contributed by atoms with Crippen molar-refractivity contribution in [2.75, 3.05) is 5.32 Å². The summed E-state index contributed by atoms with van der Waals surface area (Å²) in [6.45, 7) is 0. The summed E-state index contributed by atoms with van der Waals surface area (Å²) in [7, 11) is 0. The van der Waals surface area contributed by atoms with Crippen molar-refractivity contribution in [3.05, 3.63) is 58.8 Å². The van der Waals surface area contributed by atoms with Crippen LogP contribution in [0.2, 0.25) is 0 Å². The smallest absolute Gasteiger partial charge is 0.148 e. The van der Waals surface area contributed by atoms with E-state index in [1.807, 2.05) is 6.07 Å². The molecule has 0 spiro atoms. The molecule has 2 aromatic carbocycles. The van der Waals surface area contributed by atoms with Crippen LogP contribution in [0.25, 0.3) is 10.8 Å². The van der Waals surface area contributed by atoms with Gasteiger partial charge < -0.3 is 5.32 Å². The van der Waals surface area contributed by atoms with Crippen LogP contribution in [0.5, 0.6) is 0 Å². The molecule has 0 atom stereocenters. The van der Waals surface area contributed by atoms with Crippen molar-refractivity contribution in [1.82, 2.24) is 0 Å². The fourth-order valence-electron chi connectivity index (χ4n) is 2.32. The van der Waals surface area contributed by atoms with E-state index in [2.05, 4.69) is 53.2 Å². The van der Waals surface area contributed by atoms with Crippen molar-refractivity contribution >= 4 is 39.3 Å². The first-order valence-corrected chi connectivity index (χ1v) is 6.71. The topological polar surface area (TPSA) is 24.4 Å². The number of amidine groups is 1. The quantitative estimate of drug-likeness (QED) is 0.680. The number of benzene rings is 2. The van der Waals surface area contributed by atoms with Crippen LogP contribution >= 0.6 is 11.3 Å². The average Bonchev–Trinajstić information content (AvgIpc) is 2.93. The summed E-state index contributed by atoms with van der Waals surface area (Å²) >= 11 is 1.70. The molecular weight excluding hydrogens is 240 g/mol. The molecule has 3 aromatic rings. The lowest BCUT2D eigenvalue weighted by Gasteiger charge is -2.18. The van der Waals surface area contributed by atoms with E-state index >= 15 is 0 Å². The van der Waals surface area contributed by atoms with Gasteiger partial charge in [-0.1, -0.05) is 30.3 Å². The monoisotopic (exact) mass is 250 g/mol. The Morgan fingerprint density at radius 3 is 2.67 bits per heavy atom. The molecule has 86 valence electrons. The Hall–Kier alpha value is -2.13. The Kier molecular flexibility index (Phi) is 2.02. The first-order chi connectivity index (χ1) is 8.92. The highest BCUT2D eigenvalue weighted by molar-refractivity contribution is 7.12. The normalized spacial score (nSPS) is 13.2. The third-order valence-electron chi connectivity index (χ3n) is 3.12. The zero-order valence-corrected chi connectivity index (χ0v) is 10.4. The Morgan fingerprint density at radius 2 is 1.83 bits per heavy atom. The summed E-state index contributed by atoms with van der Waals surface area (Å²) in [6, 6.07) is 16.7. The molecular formula is C15H10N2S. The van der Waals surface area contributed by atoms with Gasteiger partial charge in [0.2, 0.25) is 0 Å². The number of nitrogens with one attached hydrogen (secondary N) is 1. The fraction of sp³-hybridized carbons (Fsp3) is 0. The second-order valence-electron chi connectivity index (χ2n) is 4.24. The van der Waals surface area contributed by atoms with Crippen LogP contribution in [0.15, 0.2) is 58.9 Å². The van der Waals surface area contributed by atoms with E-state index in [1.54, 1.807) is 11.3 Å². The maximum absolute atomic E-state index is 4.72. The second-order valence-corrected chi connectivity index (χ2v) is 5.19. The summed E-state index contributed by atoms with van der Waals surface area (Å²) in [5.41, 5.74) is 2.19. The van der Waals surface area contributed by atoms with Gasteiger partial charge in [0.1, 0.15) is 5.84 Å². The molecule has 1 aromatic heterocycles. The number of hydrogen-bond acceptors (Lipinski definition) is 3. The maximum Gasteiger partial charge on any atom is 0.148 e. The van der Waals surface area contributed by atoms with Gasteiger partial charge in [0.25, 0.3) is 0 Å². The largest absolute Gasteiger partial charge is 0.338 e. The molecule has 1 aliphatic rings. The summed E-state index contributed by atoms with van der Waals surface area (Å²) < 4.78 is 0. The van der Waals surface area contributed by atoms with Crippen LogP contribution in [-0.2, 0) is 0 Å². The number of aliphatic imine (C=N–C) groups is 1. The fourth-order valence-corrected chi connectivity index (χ4v) is 2.99. The summed E-state index contributed by atoms with van der Waals surface area (Å²) in [5, 5.41) is 7.93. The molecule has 0 unspecified atom stereocenters. The minimum absolute atomic E-state index is 0.941. The minimum atomic E-state index is 0.941. The number of anilines is 1. The van der Waals surface area contributed by atoms with Gasteiger partial charge in [0, 0.05) is 11.1 Å². The van der Waals surface area contributed by atoms with Crippen molar-refractivity contribution in [2.45, 2.75) is 0 Å². The van der Waals surface area contributed by atoms with Gasteiger partial charge in [0.05, 0.1) is 10.6 Å². The molecule has 2 heterocycles. The molecule has 4 rings (SSSR count). The summed E-state index contributed by atoms with van der Waals surface area (Å²) in [4.78, 5) is 5.89. The van der Waals surface area contributed by atoms with Gasteiger partial charge in [-0.05, 0) is 29.0 Å². The van der Waals surface area contributed by atoms with Crippen LogP contribution < -0.4 is 5.32 Å². The first kappa shape index (κ1) is 9.85. The van der Waals surface area contributed by atoms with Gasteiger partial charge in [-0.25, -0.2) is 4.99 Å². The summed E-state index contributed by atoms with van der Waals surface area (Å²) in [5.74, 6) is 0.941. The lowest BCUT2D eigenvalue weighted by atomic mass is 10.1. The highest BCUT2D eigenvalue weighted by Gasteiger charge is 2.15. The van der Waals surface area contributed by atoms with E-state index in [0.717, 1.165) is 17.2 Å². The Morgan fingerprint density at radius 1 is 0.944 bits per heavy atom. The maximum atomic E-state index is 4.72. The molecule has 2 nitrogen and oxygen atoms in total. The molecule has 18 heavy (non-hydrogen) atoms. The lowest BCUT2D eigenvalue weighted by molar-refractivity contribution is 1.49. The molecule has 0 amide bonds. The SMILES string of the molecule is c1csc(C2=Nc3cccc4cccc(c34)N2)c1. The van der Waals surface area contributed by atoms with Gasteiger partial charge in [-0.2, -0.15) is 0 Å². The number of rotatable bonds is 1. The van der Waals surface area contributed by atoms with Crippen LogP contribution in [0.1, 0.15) is 4.88 Å². The zero-order valence-electron chi connectivity index (χ0n) is 9.55. The van der Waals surface area contributed by atoms with Gasteiger partial charge in [-0.15, -0.1) is 11.3 Å². The van der Waals surface area contributed by atoms with Crippen LogP contribution in [0.4, 0.5) is 11.4 Å². The highest BCUT2D eigenvalue weighted by atomic mass is 32.1. The molecule has 1 aliphatic heterocycles. The Balaban J connectivity index is 2.00. The minimum Gasteiger partial charge on any atom is -0.338 e. The number of thiophene rings is 1. The molecule has 0 radical (unpaired) electrons. The standard InChI is InChI=1S/C15H10N2S/c1-4-10-5-2-7-12-14(10)11(6-1)16-15(17-12)13-8-3-9-18-13/h1-9H,(H,16,17). The molecule has 0 bridgehead atoms. The molecule has 0 aliphatic carbocycles. The van der Waals surface area contributed by atoms with E-state index in [9.17, 15) is 0 Å². The van der Waals surface area contributed by atoms with E-state index in [0.29, 0.717) is 0 Å².